The van der Waals surface area contributed by atoms with Crippen LogP contribution in [0.5, 0.6) is 5.75 Å². The lowest BCUT2D eigenvalue weighted by atomic mass is 9.74. The van der Waals surface area contributed by atoms with Gasteiger partial charge < -0.3 is 10.1 Å². The number of anilines is 1. The van der Waals surface area contributed by atoms with Crippen molar-refractivity contribution < 1.29 is 23.1 Å². The summed E-state index contributed by atoms with van der Waals surface area (Å²) < 4.78 is 33.9. The zero-order valence-electron chi connectivity index (χ0n) is 17.5. The smallest absolute Gasteiger partial charge is 0.255 e. The zero-order chi connectivity index (χ0) is 22.5. The van der Waals surface area contributed by atoms with Gasteiger partial charge in [0.1, 0.15) is 28.7 Å². The molecule has 32 heavy (non-hydrogen) atoms. The predicted molar refractivity (Wildman–Crippen MR) is 117 cm³/mol. The number of nitrogens with one attached hydrogen (secondary N) is 1. The topological polar surface area (TPSA) is 55.4 Å². The molecule has 162 valence electrons. The number of carbonyl (C=O) groups is 2. The molecule has 0 atom stereocenters. The molecular weight excluding hydrogens is 412 g/mol. The number of hydrogen-bond acceptors (Lipinski definition) is 3. The van der Waals surface area contributed by atoms with Crippen LogP contribution in [0.2, 0.25) is 0 Å². The second-order valence-electron chi connectivity index (χ2n) is 8.53. The summed E-state index contributed by atoms with van der Waals surface area (Å²) in [5, 5.41) is 2.29. The minimum absolute atomic E-state index is 0.119. The molecular formula is C26H21F2NO3. The molecule has 0 radical (unpaired) electrons. The van der Waals surface area contributed by atoms with E-state index < -0.39 is 23.2 Å². The van der Waals surface area contributed by atoms with E-state index in [9.17, 15) is 18.4 Å². The molecule has 0 bridgehead atoms. The number of fused-ring (bicyclic) bond motifs is 1. The average molecular weight is 433 g/mol. The Hall–Kier alpha value is -3.54. The van der Waals surface area contributed by atoms with Crippen LogP contribution in [0.4, 0.5) is 14.5 Å². The standard InChI is InChI=1S/C26H21F2NO3/c1-15-12-19-22(30)14-26(10-3-11-26)32-23(19)13-18(15)16-6-8-17(9-7-16)25(31)29-24-20(27)4-2-5-21(24)28/h2,4-9,12-13H,3,10-11,14H2,1H3,(H,29,31). The quantitative estimate of drug-likeness (QED) is 0.545. The van der Waals surface area contributed by atoms with Crippen molar-refractivity contribution in [3.63, 3.8) is 0 Å². The number of Topliss-reactive ketones (excluding diaryl/α,β-unsaturated/α-hetero) is 1. The van der Waals surface area contributed by atoms with Crippen LogP contribution in [0.1, 0.15) is 52.0 Å². The first-order valence-electron chi connectivity index (χ1n) is 10.6. The van der Waals surface area contributed by atoms with E-state index in [2.05, 4.69) is 5.32 Å². The zero-order valence-corrected chi connectivity index (χ0v) is 17.5. The minimum atomic E-state index is -0.835. The Labute approximate surface area is 184 Å². The molecule has 1 fully saturated rings. The molecule has 0 saturated heterocycles. The van der Waals surface area contributed by atoms with Crippen molar-refractivity contribution in [3.05, 3.63) is 82.9 Å². The highest BCUT2D eigenvalue weighted by Crippen LogP contribution is 2.46. The van der Waals surface area contributed by atoms with Gasteiger partial charge >= 0.3 is 0 Å². The number of halogens is 2. The second kappa shape index (κ2) is 7.55. The van der Waals surface area contributed by atoms with Crippen LogP contribution in [-0.4, -0.2) is 17.3 Å². The third kappa shape index (κ3) is 3.45. The van der Waals surface area contributed by atoms with E-state index in [-0.39, 0.29) is 16.9 Å². The summed E-state index contributed by atoms with van der Waals surface area (Å²) in [4.78, 5) is 25.1. The fourth-order valence-electron chi connectivity index (χ4n) is 4.41. The number of aryl methyl sites for hydroxylation is 1. The first kappa shape index (κ1) is 20.4. The maximum Gasteiger partial charge on any atom is 0.255 e. The Morgan fingerprint density at radius 3 is 2.31 bits per heavy atom. The maximum atomic E-state index is 13.8. The molecule has 1 heterocycles. The van der Waals surface area contributed by atoms with Gasteiger partial charge in [0.25, 0.3) is 5.91 Å². The van der Waals surface area contributed by atoms with Crippen molar-refractivity contribution >= 4 is 17.4 Å². The monoisotopic (exact) mass is 433 g/mol. The summed E-state index contributed by atoms with van der Waals surface area (Å²) in [7, 11) is 0. The summed E-state index contributed by atoms with van der Waals surface area (Å²) in [6.45, 7) is 1.93. The Morgan fingerprint density at radius 1 is 1.00 bits per heavy atom. The van der Waals surface area contributed by atoms with E-state index in [1.165, 1.54) is 6.07 Å². The first-order chi connectivity index (χ1) is 15.3. The highest BCUT2D eigenvalue weighted by molar-refractivity contribution is 6.05. The van der Waals surface area contributed by atoms with E-state index >= 15 is 0 Å². The van der Waals surface area contributed by atoms with E-state index in [4.69, 9.17) is 4.74 Å². The van der Waals surface area contributed by atoms with Crippen LogP contribution in [0.25, 0.3) is 11.1 Å². The fraction of sp³-hybridized carbons (Fsp3) is 0.231. The van der Waals surface area contributed by atoms with E-state index in [0.717, 1.165) is 48.1 Å². The molecule has 1 N–H and O–H groups in total. The van der Waals surface area contributed by atoms with Crippen LogP contribution in [0, 0.1) is 18.6 Å². The largest absolute Gasteiger partial charge is 0.486 e. The maximum absolute atomic E-state index is 13.8. The number of hydrogen-bond donors (Lipinski definition) is 1. The SMILES string of the molecule is Cc1cc2c(cc1-c1ccc(C(=O)Nc3c(F)cccc3F)cc1)OC1(CCC1)CC2=O. The van der Waals surface area contributed by atoms with Gasteiger partial charge in [-0.25, -0.2) is 8.78 Å². The lowest BCUT2D eigenvalue weighted by Crippen LogP contribution is -2.47. The highest BCUT2D eigenvalue weighted by Gasteiger charge is 2.45. The van der Waals surface area contributed by atoms with Crippen molar-refractivity contribution in [2.24, 2.45) is 0 Å². The van der Waals surface area contributed by atoms with Crippen LogP contribution in [0.3, 0.4) is 0 Å². The third-order valence-corrected chi connectivity index (χ3v) is 6.36. The van der Waals surface area contributed by atoms with Crippen LogP contribution in [-0.2, 0) is 0 Å². The van der Waals surface area contributed by atoms with Gasteiger partial charge in [-0.05, 0) is 79.3 Å². The van der Waals surface area contributed by atoms with Gasteiger partial charge in [-0.15, -0.1) is 0 Å². The summed E-state index contributed by atoms with van der Waals surface area (Å²) in [6.07, 6.45) is 3.30. The summed E-state index contributed by atoms with van der Waals surface area (Å²) in [6, 6.07) is 13.9. The Balaban J connectivity index is 1.41. The average Bonchev–Trinajstić information content (AvgIpc) is 2.75. The van der Waals surface area contributed by atoms with Gasteiger partial charge in [-0.2, -0.15) is 0 Å². The Bertz CT molecular complexity index is 1230. The van der Waals surface area contributed by atoms with Gasteiger partial charge in [-0.1, -0.05) is 18.2 Å². The number of carbonyl (C=O) groups excluding carboxylic acids is 2. The predicted octanol–water partition coefficient (Wildman–Crippen LogP) is 6.08. The van der Waals surface area contributed by atoms with Crippen LogP contribution in [0.15, 0.2) is 54.6 Å². The molecule has 1 spiro atoms. The molecule has 0 aromatic heterocycles. The summed E-state index contributed by atoms with van der Waals surface area (Å²) >= 11 is 0. The molecule has 1 aliphatic heterocycles. The van der Waals surface area contributed by atoms with Gasteiger partial charge in [0.05, 0.1) is 12.0 Å². The van der Waals surface area contributed by atoms with Crippen molar-refractivity contribution in [1.82, 2.24) is 0 Å². The van der Waals surface area contributed by atoms with Crippen molar-refractivity contribution in [1.29, 1.82) is 0 Å². The summed E-state index contributed by atoms with van der Waals surface area (Å²) in [5.41, 5.74) is 2.75. The second-order valence-corrected chi connectivity index (χ2v) is 8.53. The normalized spacial score (nSPS) is 16.2. The molecule has 6 heteroatoms. The van der Waals surface area contributed by atoms with Gasteiger partial charge in [0, 0.05) is 5.56 Å². The lowest BCUT2D eigenvalue weighted by molar-refractivity contribution is -0.0177. The van der Waals surface area contributed by atoms with E-state index in [0.29, 0.717) is 17.7 Å². The number of ketones is 1. The van der Waals surface area contributed by atoms with Crippen molar-refractivity contribution in [3.8, 4) is 16.9 Å². The Morgan fingerprint density at radius 2 is 1.69 bits per heavy atom. The number of amides is 1. The molecule has 0 unspecified atom stereocenters. The fourth-order valence-corrected chi connectivity index (χ4v) is 4.41. The minimum Gasteiger partial charge on any atom is -0.486 e. The molecule has 4 nitrogen and oxygen atoms in total. The first-order valence-corrected chi connectivity index (χ1v) is 10.6. The lowest BCUT2D eigenvalue weighted by Gasteiger charge is -2.44. The van der Waals surface area contributed by atoms with E-state index in [1.807, 2.05) is 19.1 Å². The van der Waals surface area contributed by atoms with Crippen LogP contribution < -0.4 is 10.1 Å². The van der Waals surface area contributed by atoms with Crippen molar-refractivity contribution in [2.75, 3.05) is 5.32 Å². The molecule has 2 aliphatic rings. The molecule has 3 aromatic rings. The molecule has 3 aromatic carbocycles. The molecule has 1 amide bonds. The third-order valence-electron chi connectivity index (χ3n) is 6.36. The highest BCUT2D eigenvalue weighted by atomic mass is 19.1. The summed E-state index contributed by atoms with van der Waals surface area (Å²) in [5.74, 6) is -1.55. The Kier molecular flexibility index (Phi) is 4.81. The van der Waals surface area contributed by atoms with Crippen molar-refractivity contribution in [2.45, 2.75) is 38.2 Å². The van der Waals surface area contributed by atoms with Gasteiger partial charge in [0.15, 0.2) is 5.78 Å². The molecule has 1 saturated carbocycles. The molecule has 1 aliphatic carbocycles. The van der Waals surface area contributed by atoms with Crippen LogP contribution >= 0.6 is 0 Å². The van der Waals surface area contributed by atoms with Gasteiger partial charge in [0.2, 0.25) is 0 Å². The number of para-hydroxylation sites is 1. The van der Waals surface area contributed by atoms with Gasteiger partial charge in [-0.3, -0.25) is 9.59 Å². The molecule has 5 rings (SSSR count). The van der Waals surface area contributed by atoms with E-state index in [1.54, 1.807) is 24.3 Å². The number of benzene rings is 3. The number of rotatable bonds is 3. The number of ether oxygens (including phenoxy) is 1.